The summed E-state index contributed by atoms with van der Waals surface area (Å²) < 4.78 is 49.5. The van der Waals surface area contributed by atoms with Gasteiger partial charge in [-0.15, -0.1) is 22.7 Å². The van der Waals surface area contributed by atoms with Crippen molar-refractivity contribution in [2.45, 2.75) is 36.3 Å². The molecular formula is C46H48Cl2F2N10O8S2. The third-order valence-corrected chi connectivity index (χ3v) is 15.0. The van der Waals surface area contributed by atoms with Crippen LogP contribution in [0.15, 0.2) is 92.1 Å². The normalized spacial score (nSPS) is 24.6. The highest BCUT2D eigenvalue weighted by Gasteiger charge is 2.43. The molecule has 1 amide bonds. The highest BCUT2D eigenvalue weighted by Crippen LogP contribution is 2.39. The summed E-state index contributed by atoms with van der Waals surface area (Å²) in [6, 6.07) is 6.52. The fourth-order valence-electron chi connectivity index (χ4n) is 9.45. The van der Waals surface area contributed by atoms with Gasteiger partial charge in [-0.3, -0.25) is 24.6 Å². The highest BCUT2D eigenvalue weighted by atomic mass is 35.5. The number of rotatable bonds is 11. The van der Waals surface area contributed by atoms with Gasteiger partial charge in [-0.25, -0.2) is 28.3 Å². The van der Waals surface area contributed by atoms with Crippen molar-refractivity contribution in [2.24, 2.45) is 9.98 Å². The number of morpholine rings is 2. The van der Waals surface area contributed by atoms with Gasteiger partial charge < -0.3 is 44.9 Å². The molecule has 24 heteroatoms. The number of fused-ring (bicyclic) bond motifs is 4. The van der Waals surface area contributed by atoms with Crippen molar-refractivity contribution in [1.82, 2.24) is 40.6 Å². The molecule has 4 aromatic rings. The van der Waals surface area contributed by atoms with Crippen molar-refractivity contribution in [1.29, 1.82) is 0 Å². The molecule has 2 aromatic heterocycles. The van der Waals surface area contributed by atoms with Crippen molar-refractivity contribution >= 4 is 75.4 Å². The topological polar surface area (TPSA) is 205 Å². The van der Waals surface area contributed by atoms with E-state index >= 15 is 0 Å². The first-order chi connectivity index (χ1) is 33.9. The van der Waals surface area contributed by atoms with E-state index in [4.69, 9.17) is 52.1 Å². The van der Waals surface area contributed by atoms with Crippen LogP contribution in [0.4, 0.5) is 8.78 Å². The predicted octanol–water partition coefficient (Wildman–Crippen LogP) is 3.48. The summed E-state index contributed by atoms with van der Waals surface area (Å²) in [6.07, 6.45) is 3.35. The van der Waals surface area contributed by atoms with Gasteiger partial charge in [-0.1, -0.05) is 35.3 Å². The van der Waals surface area contributed by atoms with E-state index < -0.39 is 42.3 Å². The minimum absolute atomic E-state index is 0.135. The highest BCUT2D eigenvalue weighted by molar-refractivity contribution is 7.12. The molecule has 6 aliphatic heterocycles. The fraction of sp³-hybridized carbons (Fsp3) is 0.413. The van der Waals surface area contributed by atoms with Gasteiger partial charge in [0, 0.05) is 107 Å². The zero-order valence-electron chi connectivity index (χ0n) is 37.8. The van der Waals surface area contributed by atoms with E-state index in [-0.39, 0.29) is 45.7 Å². The zero-order chi connectivity index (χ0) is 49.1. The largest absolute Gasteiger partial charge is 0.466 e. The fourth-order valence-corrected chi connectivity index (χ4v) is 11.2. The minimum Gasteiger partial charge on any atom is -0.466 e. The molecule has 6 atom stereocenters. The number of piperazine rings is 2. The molecule has 0 spiro atoms. The molecule has 4 bridgehead atoms. The van der Waals surface area contributed by atoms with Crippen LogP contribution in [0.25, 0.3) is 0 Å². The molecule has 10 rings (SSSR count). The molecule has 4 fully saturated rings. The van der Waals surface area contributed by atoms with E-state index in [0.717, 1.165) is 13.1 Å². The quantitative estimate of drug-likeness (QED) is 0.159. The number of esters is 2. The Morgan fingerprint density at radius 1 is 0.729 bits per heavy atom. The Morgan fingerprint density at radius 3 is 1.57 bits per heavy atom. The van der Waals surface area contributed by atoms with Gasteiger partial charge in [0.25, 0.3) is 0 Å². The van der Waals surface area contributed by atoms with Gasteiger partial charge in [0.1, 0.15) is 30.3 Å². The van der Waals surface area contributed by atoms with Crippen LogP contribution in [0.2, 0.25) is 10.0 Å². The van der Waals surface area contributed by atoms with E-state index in [9.17, 15) is 28.3 Å². The van der Waals surface area contributed by atoms with Gasteiger partial charge in [-0.2, -0.15) is 0 Å². The number of hydrogen-bond acceptors (Lipinski definition) is 19. The van der Waals surface area contributed by atoms with Gasteiger partial charge in [-0.05, 0) is 24.3 Å². The number of aromatic nitrogens is 2. The molecule has 0 aliphatic carbocycles. The molecule has 8 heterocycles. The first-order valence-corrected chi connectivity index (χ1v) is 24.7. The number of hydrogen-bond donors (Lipinski definition) is 4. The second-order valence-electron chi connectivity index (χ2n) is 16.9. The molecule has 370 valence electrons. The predicted molar refractivity (Wildman–Crippen MR) is 257 cm³/mol. The van der Waals surface area contributed by atoms with E-state index in [1.165, 1.54) is 67.2 Å². The third-order valence-electron chi connectivity index (χ3n) is 12.8. The van der Waals surface area contributed by atoms with Crippen LogP contribution in [-0.4, -0.2) is 170 Å². The molecule has 18 nitrogen and oxygen atoms in total. The smallest absolute Gasteiger partial charge is 0.338 e. The number of benzene rings is 2. The monoisotopic (exact) mass is 1040 g/mol. The first kappa shape index (κ1) is 49.7. The Kier molecular flexibility index (Phi) is 15.6. The van der Waals surface area contributed by atoms with Crippen molar-refractivity contribution < 1.29 is 47.2 Å². The average Bonchev–Trinajstić information content (AvgIpc) is 4.10. The number of nitrogens with zero attached hydrogens (tertiary/aromatic N) is 7. The van der Waals surface area contributed by atoms with E-state index in [1.54, 1.807) is 23.4 Å². The Morgan fingerprint density at radius 2 is 1.17 bits per heavy atom. The van der Waals surface area contributed by atoms with Crippen LogP contribution in [0.3, 0.4) is 0 Å². The lowest BCUT2D eigenvalue weighted by Gasteiger charge is -2.50. The second-order valence-corrected chi connectivity index (χ2v) is 19.5. The number of halogens is 4. The Balaban J connectivity index is 0.000000175. The van der Waals surface area contributed by atoms with Crippen LogP contribution in [0.1, 0.15) is 33.2 Å². The number of aliphatic hydroxyl groups excluding tert-OH is 1. The Labute approximate surface area is 419 Å². The number of aliphatic imine (C=N–C) groups is 2. The standard InChI is InChI=1S/C24H25ClFN5O5S.C22H23ClFN5O3S/c1-35-24(34)20-18(9-31-14-7-30(19(33)10-32)8-15(31)12-36-11-14)28-22(23-27-4-5-37-23)29-21(20)16-3-2-13(26)6-17(16)25;1-31-22(30)18-17(9-29-13-7-25-8-14(29)11-32-10-13)27-20(21-26-4-5-33-21)28-19(18)15-3-2-12(24)6-16(15)23/h2-6,14-15,21,32H,7-12H2,1H3,(H,28,29);2-6,13-14,19,25H,7-11H2,1H3,(H,27,28)/t14?,15?,21-;13?,14?,19-/m00/s1. The van der Waals surface area contributed by atoms with Crippen molar-refractivity contribution in [3.8, 4) is 0 Å². The summed E-state index contributed by atoms with van der Waals surface area (Å²) in [7, 11) is 2.63. The first-order valence-electron chi connectivity index (χ1n) is 22.2. The molecule has 0 radical (unpaired) electrons. The maximum absolute atomic E-state index is 13.9. The molecule has 4 unspecified atom stereocenters. The number of aliphatic hydroxyl groups is 1. The number of carbonyl (C=O) groups is 3. The average molecular weight is 1040 g/mol. The molecule has 70 heavy (non-hydrogen) atoms. The van der Waals surface area contributed by atoms with Crippen LogP contribution in [0, 0.1) is 11.6 Å². The van der Waals surface area contributed by atoms with Crippen molar-refractivity contribution in [3.05, 3.63) is 125 Å². The van der Waals surface area contributed by atoms with Crippen LogP contribution >= 0.6 is 45.9 Å². The molecule has 6 aliphatic rings. The molecule has 4 saturated heterocycles. The van der Waals surface area contributed by atoms with E-state index in [0.29, 0.717) is 102 Å². The van der Waals surface area contributed by atoms with Crippen LogP contribution < -0.4 is 16.0 Å². The summed E-state index contributed by atoms with van der Waals surface area (Å²) >= 11 is 15.7. The number of thiazole rings is 2. The minimum atomic E-state index is -0.857. The lowest BCUT2D eigenvalue weighted by molar-refractivity contribution is -0.147. The van der Waals surface area contributed by atoms with Crippen LogP contribution in [0.5, 0.6) is 0 Å². The molecule has 2 aromatic carbocycles. The molecular weight excluding hydrogens is 994 g/mol. The van der Waals surface area contributed by atoms with Gasteiger partial charge in [0.15, 0.2) is 21.7 Å². The summed E-state index contributed by atoms with van der Waals surface area (Å²) in [5, 5.41) is 24.7. The van der Waals surface area contributed by atoms with Crippen molar-refractivity contribution in [3.63, 3.8) is 0 Å². The molecule has 4 N–H and O–H groups in total. The Bertz CT molecular complexity index is 2690. The summed E-state index contributed by atoms with van der Waals surface area (Å²) in [5.41, 5.74) is 2.81. The summed E-state index contributed by atoms with van der Waals surface area (Å²) in [5.74, 6) is -1.40. The summed E-state index contributed by atoms with van der Waals surface area (Å²) in [4.78, 5) is 62.8. The second kappa shape index (κ2) is 22.0. The molecule has 0 saturated carbocycles. The van der Waals surface area contributed by atoms with E-state index in [1.807, 2.05) is 10.8 Å². The maximum atomic E-state index is 13.9. The van der Waals surface area contributed by atoms with Crippen LogP contribution in [-0.2, 0) is 33.3 Å². The van der Waals surface area contributed by atoms with Crippen molar-refractivity contribution in [2.75, 3.05) is 86.5 Å². The number of amides is 1. The SMILES string of the molecule is COC(=O)C1=C(CN2C3CNCC2COC3)NC(c2nccs2)=N[C@H]1c1ccc(F)cc1Cl.COC(=O)C1=C(CN2C3COCC2CN(C(=O)CO)C3)NC(c2nccs2)=N[C@H]1c1ccc(F)cc1Cl. The number of carbonyl (C=O) groups excluding carboxylic acids is 3. The maximum Gasteiger partial charge on any atom is 0.338 e. The zero-order valence-corrected chi connectivity index (χ0v) is 40.9. The Hall–Kier alpha value is -5.27. The number of methoxy groups -OCH3 is 2. The van der Waals surface area contributed by atoms with Gasteiger partial charge in [0.05, 0.1) is 63.9 Å². The number of nitrogens with one attached hydrogen (secondary N) is 3. The number of ether oxygens (including phenoxy) is 4. The van der Waals surface area contributed by atoms with Gasteiger partial charge in [0.2, 0.25) is 5.91 Å². The lowest BCUT2D eigenvalue weighted by atomic mass is 9.94. The lowest BCUT2D eigenvalue weighted by Crippen LogP contribution is -2.66. The summed E-state index contributed by atoms with van der Waals surface area (Å²) in [6.45, 7) is 4.64. The third kappa shape index (κ3) is 10.5. The number of amidine groups is 2. The van der Waals surface area contributed by atoms with E-state index in [2.05, 4.69) is 35.7 Å². The van der Waals surface area contributed by atoms with Gasteiger partial charge >= 0.3 is 11.9 Å².